The lowest BCUT2D eigenvalue weighted by Gasteiger charge is -1.98. The summed E-state index contributed by atoms with van der Waals surface area (Å²) in [6.07, 6.45) is 1.14. The number of hydrogen-bond donors (Lipinski definition) is 1. The van der Waals surface area contributed by atoms with Crippen LogP contribution in [-0.4, -0.2) is 24.6 Å². The van der Waals surface area contributed by atoms with Gasteiger partial charge in [-0.3, -0.25) is 0 Å². The fourth-order valence-corrected chi connectivity index (χ4v) is 2.83. The van der Waals surface area contributed by atoms with E-state index in [0.29, 0.717) is 22.4 Å². The maximum absolute atomic E-state index is 13.2. The summed E-state index contributed by atoms with van der Waals surface area (Å²) >= 11 is 5.75. The van der Waals surface area contributed by atoms with Crippen LogP contribution in [0.1, 0.15) is 0 Å². The number of fused-ring (bicyclic) bond motifs is 1. The van der Waals surface area contributed by atoms with E-state index in [1.54, 1.807) is 12.1 Å². The maximum Gasteiger partial charge on any atom is 0.175 e. The number of rotatable bonds is 2. The van der Waals surface area contributed by atoms with Crippen LogP contribution in [0.4, 0.5) is 4.39 Å². The molecule has 0 saturated carbocycles. The van der Waals surface area contributed by atoms with Crippen LogP contribution < -0.4 is 0 Å². The van der Waals surface area contributed by atoms with Crippen molar-refractivity contribution in [2.45, 2.75) is 4.90 Å². The molecule has 1 N–H and O–H groups in total. The second-order valence-electron chi connectivity index (χ2n) is 4.67. The summed E-state index contributed by atoms with van der Waals surface area (Å²) in [5.41, 5.74) is 1.84. The molecule has 0 spiro atoms. The van der Waals surface area contributed by atoms with Gasteiger partial charge in [-0.1, -0.05) is 11.6 Å². The Labute approximate surface area is 125 Å². The van der Waals surface area contributed by atoms with Crippen molar-refractivity contribution in [2.24, 2.45) is 0 Å². The number of hydrogen-bond acceptors (Lipinski definition) is 3. The number of sulfone groups is 1. The van der Waals surface area contributed by atoms with Gasteiger partial charge in [0.15, 0.2) is 9.84 Å². The highest BCUT2D eigenvalue weighted by Gasteiger charge is 2.11. The van der Waals surface area contributed by atoms with Crippen LogP contribution in [-0.2, 0) is 9.84 Å². The van der Waals surface area contributed by atoms with E-state index in [4.69, 9.17) is 11.6 Å². The van der Waals surface area contributed by atoms with Crippen molar-refractivity contribution < 1.29 is 12.8 Å². The average molecular weight is 325 g/mol. The Bertz CT molecular complexity index is 951. The lowest BCUT2D eigenvalue weighted by atomic mass is 10.2. The van der Waals surface area contributed by atoms with E-state index in [9.17, 15) is 12.8 Å². The molecule has 0 saturated heterocycles. The standard InChI is InChI=1S/C14H10ClFN2O2S/c1-21(19,20)9-3-5-12-13(7-9)18-14(17-12)8-2-4-11(16)10(15)6-8/h2-7H,1H3,(H,17,18). The molecule has 0 fully saturated rings. The van der Waals surface area contributed by atoms with Gasteiger partial charge in [0, 0.05) is 11.8 Å². The second kappa shape index (κ2) is 4.82. The third-order valence-corrected chi connectivity index (χ3v) is 4.47. The zero-order valence-corrected chi connectivity index (χ0v) is 12.5. The number of aromatic amines is 1. The largest absolute Gasteiger partial charge is 0.338 e. The first-order valence-electron chi connectivity index (χ1n) is 6.00. The number of imidazole rings is 1. The summed E-state index contributed by atoms with van der Waals surface area (Å²) in [5, 5.41) is 0.00443. The highest BCUT2D eigenvalue weighted by Crippen LogP contribution is 2.26. The summed E-state index contributed by atoms with van der Waals surface area (Å²) in [4.78, 5) is 7.57. The fraction of sp³-hybridized carbons (Fsp3) is 0.0714. The summed E-state index contributed by atoms with van der Waals surface area (Å²) in [6.45, 7) is 0. The maximum atomic E-state index is 13.2. The highest BCUT2D eigenvalue weighted by atomic mass is 35.5. The van der Waals surface area contributed by atoms with Crippen LogP contribution in [0.2, 0.25) is 5.02 Å². The zero-order chi connectivity index (χ0) is 15.2. The van der Waals surface area contributed by atoms with Crippen molar-refractivity contribution >= 4 is 32.5 Å². The molecule has 0 aliphatic heterocycles. The van der Waals surface area contributed by atoms with Crippen molar-refractivity contribution in [1.82, 2.24) is 9.97 Å². The van der Waals surface area contributed by atoms with Gasteiger partial charge >= 0.3 is 0 Å². The first-order valence-corrected chi connectivity index (χ1v) is 8.27. The van der Waals surface area contributed by atoms with Gasteiger partial charge in [0.05, 0.1) is 21.0 Å². The van der Waals surface area contributed by atoms with Gasteiger partial charge in [0.2, 0.25) is 0 Å². The SMILES string of the molecule is CS(=O)(=O)c1ccc2nc(-c3ccc(F)c(Cl)c3)[nH]c2c1. The molecule has 0 bridgehead atoms. The summed E-state index contributed by atoms with van der Waals surface area (Å²) in [6, 6.07) is 8.92. The molecule has 2 aromatic carbocycles. The molecule has 0 unspecified atom stereocenters. The zero-order valence-electron chi connectivity index (χ0n) is 10.9. The second-order valence-corrected chi connectivity index (χ2v) is 7.09. The van der Waals surface area contributed by atoms with E-state index < -0.39 is 15.7 Å². The predicted molar refractivity (Wildman–Crippen MR) is 79.6 cm³/mol. The molecule has 21 heavy (non-hydrogen) atoms. The Kier molecular flexibility index (Phi) is 3.22. The van der Waals surface area contributed by atoms with Gasteiger partial charge in [-0.15, -0.1) is 0 Å². The molecule has 0 aliphatic carbocycles. The molecule has 0 amide bonds. The van der Waals surface area contributed by atoms with Gasteiger partial charge in [0.1, 0.15) is 11.6 Å². The third kappa shape index (κ3) is 2.64. The molecule has 4 nitrogen and oxygen atoms in total. The smallest absolute Gasteiger partial charge is 0.175 e. The Morgan fingerprint density at radius 2 is 1.95 bits per heavy atom. The number of halogens is 2. The van der Waals surface area contributed by atoms with E-state index in [2.05, 4.69) is 9.97 Å². The summed E-state index contributed by atoms with van der Waals surface area (Å²) in [5.74, 6) is -0.00607. The molecule has 1 aromatic heterocycles. The minimum absolute atomic E-state index is 0.00443. The Balaban J connectivity index is 2.14. The van der Waals surface area contributed by atoms with E-state index in [1.165, 1.54) is 24.3 Å². The lowest BCUT2D eigenvalue weighted by molar-refractivity contribution is 0.602. The molecule has 1 heterocycles. The van der Waals surface area contributed by atoms with Crippen LogP contribution in [0.15, 0.2) is 41.3 Å². The minimum Gasteiger partial charge on any atom is -0.338 e. The van der Waals surface area contributed by atoms with Crippen molar-refractivity contribution in [3.05, 3.63) is 47.2 Å². The van der Waals surface area contributed by atoms with Crippen molar-refractivity contribution in [3.8, 4) is 11.4 Å². The number of aromatic nitrogens is 2. The Hall–Kier alpha value is -1.92. The predicted octanol–water partition coefficient (Wildman–Crippen LogP) is 3.43. The normalized spacial score (nSPS) is 12.0. The molecule has 7 heteroatoms. The summed E-state index contributed by atoms with van der Waals surface area (Å²) in [7, 11) is -3.28. The fourth-order valence-electron chi connectivity index (χ4n) is 2.00. The number of nitrogens with one attached hydrogen (secondary N) is 1. The summed E-state index contributed by atoms with van der Waals surface area (Å²) < 4.78 is 36.3. The van der Waals surface area contributed by atoms with E-state index in [0.717, 1.165) is 6.26 Å². The monoisotopic (exact) mass is 324 g/mol. The topological polar surface area (TPSA) is 62.8 Å². The molecule has 0 radical (unpaired) electrons. The molecule has 3 rings (SSSR count). The van der Waals surface area contributed by atoms with Crippen molar-refractivity contribution in [3.63, 3.8) is 0 Å². The number of nitrogens with zero attached hydrogens (tertiary/aromatic N) is 1. The van der Waals surface area contributed by atoms with Crippen molar-refractivity contribution in [2.75, 3.05) is 6.26 Å². The van der Waals surface area contributed by atoms with E-state index in [-0.39, 0.29) is 9.92 Å². The van der Waals surface area contributed by atoms with Gasteiger partial charge in [-0.25, -0.2) is 17.8 Å². The molecule has 3 aromatic rings. The van der Waals surface area contributed by atoms with E-state index in [1.807, 2.05) is 0 Å². The van der Waals surface area contributed by atoms with Crippen molar-refractivity contribution in [1.29, 1.82) is 0 Å². The number of H-pyrrole nitrogens is 1. The number of benzene rings is 2. The lowest BCUT2D eigenvalue weighted by Crippen LogP contribution is -1.96. The van der Waals surface area contributed by atoms with E-state index >= 15 is 0 Å². The van der Waals surface area contributed by atoms with Gasteiger partial charge in [0.25, 0.3) is 0 Å². The minimum atomic E-state index is -3.28. The van der Waals surface area contributed by atoms with Gasteiger partial charge in [-0.2, -0.15) is 0 Å². The first kappa shape index (κ1) is 14.0. The molecule has 0 atom stereocenters. The van der Waals surface area contributed by atoms with Crippen LogP contribution in [0.3, 0.4) is 0 Å². The van der Waals surface area contributed by atoms with Crippen LogP contribution >= 0.6 is 11.6 Å². The molecule has 0 aliphatic rings. The molecular formula is C14H10ClFN2O2S. The Morgan fingerprint density at radius 1 is 1.19 bits per heavy atom. The van der Waals surface area contributed by atoms with Gasteiger partial charge in [-0.05, 0) is 36.4 Å². The van der Waals surface area contributed by atoms with Gasteiger partial charge < -0.3 is 4.98 Å². The van der Waals surface area contributed by atoms with Crippen LogP contribution in [0.5, 0.6) is 0 Å². The van der Waals surface area contributed by atoms with Crippen LogP contribution in [0, 0.1) is 5.82 Å². The first-order chi connectivity index (χ1) is 9.84. The Morgan fingerprint density at radius 3 is 2.62 bits per heavy atom. The molecular weight excluding hydrogens is 315 g/mol. The quantitative estimate of drug-likeness (QED) is 0.785. The third-order valence-electron chi connectivity index (χ3n) is 3.07. The average Bonchev–Trinajstić information content (AvgIpc) is 2.83. The van der Waals surface area contributed by atoms with Crippen LogP contribution in [0.25, 0.3) is 22.4 Å². The molecule has 108 valence electrons. The highest BCUT2D eigenvalue weighted by molar-refractivity contribution is 7.90.